The Morgan fingerprint density at radius 2 is 1.96 bits per heavy atom. The molecule has 5 nitrogen and oxygen atoms in total. The van der Waals surface area contributed by atoms with Crippen molar-refractivity contribution in [3.8, 4) is 11.4 Å². The van der Waals surface area contributed by atoms with Gasteiger partial charge in [-0.3, -0.25) is 9.89 Å². The van der Waals surface area contributed by atoms with Crippen molar-refractivity contribution >= 4 is 17.7 Å². The molecule has 1 amide bonds. The maximum atomic E-state index is 12.5. The Bertz CT molecular complexity index is 688. The molecular formula is C18H22N4OS. The number of aromatic amines is 1. The van der Waals surface area contributed by atoms with Crippen molar-refractivity contribution in [1.29, 1.82) is 0 Å². The molecule has 1 atom stereocenters. The maximum absolute atomic E-state index is 12.5. The average Bonchev–Trinajstić information content (AvgIpc) is 3.34. The summed E-state index contributed by atoms with van der Waals surface area (Å²) in [5.74, 6) is 3.56. The lowest BCUT2D eigenvalue weighted by atomic mass is 9.96. The number of thioether (sulfide) groups is 1. The first-order valence-corrected chi connectivity index (χ1v) is 9.74. The van der Waals surface area contributed by atoms with Crippen LogP contribution in [0.25, 0.3) is 11.4 Å². The van der Waals surface area contributed by atoms with E-state index in [-0.39, 0.29) is 5.25 Å². The van der Waals surface area contributed by atoms with E-state index in [1.54, 1.807) is 0 Å². The van der Waals surface area contributed by atoms with Crippen LogP contribution in [-0.4, -0.2) is 50.1 Å². The van der Waals surface area contributed by atoms with Gasteiger partial charge in [-0.05, 0) is 31.4 Å². The van der Waals surface area contributed by atoms with Crippen LogP contribution in [0, 0.1) is 0 Å². The summed E-state index contributed by atoms with van der Waals surface area (Å²) >= 11 is 1.82. The first-order chi connectivity index (χ1) is 11.8. The van der Waals surface area contributed by atoms with Crippen molar-refractivity contribution in [3.05, 3.63) is 36.2 Å². The van der Waals surface area contributed by atoms with Crippen LogP contribution >= 0.6 is 11.8 Å². The normalized spacial score (nSPS) is 22.0. The van der Waals surface area contributed by atoms with E-state index in [9.17, 15) is 4.79 Å². The lowest BCUT2D eigenvalue weighted by Gasteiger charge is -2.32. The van der Waals surface area contributed by atoms with Gasteiger partial charge in [-0.1, -0.05) is 30.3 Å². The van der Waals surface area contributed by atoms with Gasteiger partial charge in [-0.25, -0.2) is 4.98 Å². The zero-order valence-electron chi connectivity index (χ0n) is 13.6. The summed E-state index contributed by atoms with van der Waals surface area (Å²) in [6.45, 7) is 1.67. The van der Waals surface area contributed by atoms with Crippen molar-refractivity contribution in [2.24, 2.45) is 0 Å². The van der Waals surface area contributed by atoms with E-state index >= 15 is 0 Å². The maximum Gasteiger partial charge on any atom is 0.235 e. The van der Waals surface area contributed by atoms with Crippen molar-refractivity contribution in [3.63, 3.8) is 0 Å². The smallest absolute Gasteiger partial charge is 0.235 e. The summed E-state index contributed by atoms with van der Waals surface area (Å²) in [6.07, 6.45) is 4.16. The average molecular weight is 342 g/mol. The standard InChI is InChI=1S/C18H22N4OS/c23-18(15-7-4-12-24-15)22-10-8-14(9-11-22)17-19-16(20-21-17)13-5-2-1-3-6-13/h1-3,5-6,14-15H,4,7-12H2,(H,19,20,21)/t15-/m1/s1. The number of benzene rings is 1. The zero-order valence-corrected chi connectivity index (χ0v) is 14.5. The summed E-state index contributed by atoms with van der Waals surface area (Å²) in [5.41, 5.74) is 1.03. The number of likely N-dealkylation sites (tertiary alicyclic amines) is 1. The molecule has 2 aromatic rings. The molecule has 3 heterocycles. The first kappa shape index (κ1) is 15.7. The third-order valence-electron chi connectivity index (χ3n) is 4.93. The molecule has 1 aromatic carbocycles. The lowest BCUT2D eigenvalue weighted by Crippen LogP contribution is -2.42. The number of hydrogen-bond donors (Lipinski definition) is 1. The Morgan fingerprint density at radius 1 is 1.17 bits per heavy atom. The highest BCUT2D eigenvalue weighted by atomic mass is 32.2. The highest BCUT2D eigenvalue weighted by Gasteiger charge is 2.31. The van der Waals surface area contributed by atoms with E-state index < -0.39 is 0 Å². The van der Waals surface area contributed by atoms with Crippen LogP contribution in [-0.2, 0) is 4.79 Å². The third-order valence-corrected chi connectivity index (χ3v) is 6.30. The number of amides is 1. The van der Waals surface area contributed by atoms with Crippen molar-refractivity contribution in [2.75, 3.05) is 18.8 Å². The second kappa shape index (κ2) is 6.97. The molecule has 1 N–H and O–H groups in total. The minimum atomic E-state index is 0.205. The molecule has 126 valence electrons. The second-order valence-electron chi connectivity index (χ2n) is 6.51. The molecule has 4 rings (SSSR count). The highest BCUT2D eigenvalue weighted by Crippen LogP contribution is 2.31. The van der Waals surface area contributed by atoms with Crippen molar-refractivity contribution in [1.82, 2.24) is 20.1 Å². The van der Waals surface area contributed by atoms with Crippen LogP contribution in [0.5, 0.6) is 0 Å². The number of nitrogens with one attached hydrogen (secondary N) is 1. The number of hydrogen-bond acceptors (Lipinski definition) is 4. The Hall–Kier alpha value is -1.82. The van der Waals surface area contributed by atoms with E-state index in [0.29, 0.717) is 11.8 Å². The Labute approximate surface area is 146 Å². The van der Waals surface area contributed by atoms with Gasteiger partial charge in [-0.2, -0.15) is 5.10 Å². The van der Waals surface area contributed by atoms with Gasteiger partial charge in [0.15, 0.2) is 5.82 Å². The van der Waals surface area contributed by atoms with Gasteiger partial charge in [0.1, 0.15) is 5.82 Å². The van der Waals surface area contributed by atoms with Gasteiger partial charge in [0, 0.05) is 24.6 Å². The predicted molar refractivity (Wildman–Crippen MR) is 95.9 cm³/mol. The SMILES string of the molecule is O=C([C@H]1CCCS1)N1CCC(c2nc(-c3ccccc3)n[nH]2)CC1. The summed E-state index contributed by atoms with van der Waals surface area (Å²) in [6, 6.07) is 10.0. The van der Waals surface area contributed by atoms with E-state index in [2.05, 4.69) is 15.2 Å². The fraction of sp³-hybridized carbons (Fsp3) is 0.500. The topological polar surface area (TPSA) is 61.9 Å². The number of piperidine rings is 1. The molecule has 2 saturated heterocycles. The van der Waals surface area contributed by atoms with Gasteiger partial charge in [0.05, 0.1) is 5.25 Å². The molecule has 0 unspecified atom stereocenters. The van der Waals surface area contributed by atoms with Gasteiger partial charge in [0.2, 0.25) is 5.91 Å². The molecule has 0 aliphatic carbocycles. The zero-order chi connectivity index (χ0) is 16.4. The van der Waals surface area contributed by atoms with Gasteiger partial charge < -0.3 is 4.90 Å². The van der Waals surface area contributed by atoms with Crippen LogP contribution in [0.15, 0.2) is 30.3 Å². The second-order valence-corrected chi connectivity index (χ2v) is 7.82. The molecule has 0 spiro atoms. The van der Waals surface area contributed by atoms with Crippen LogP contribution in [0.3, 0.4) is 0 Å². The van der Waals surface area contributed by atoms with Crippen molar-refractivity contribution < 1.29 is 4.79 Å². The molecule has 6 heteroatoms. The molecule has 1 aromatic heterocycles. The van der Waals surface area contributed by atoms with Crippen LogP contribution < -0.4 is 0 Å². The predicted octanol–water partition coefficient (Wildman–Crippen LogP) is 3.07. The quantitative estimate of drug-likeness (QED) is 0.931. The monoisotopic (exact) mass is 342 g/mol. The molecule has 2 aliphatic rings. The molecule has 0 bridgehead atoms. The first-order valence-electron chi connectivity index (χ1n) is 8.69. The summed E-state index contributed by atoms with van der Waals surface area (Å²) in [5, 5.41) is 7.67. The van der Waals surface area contributed by atoms with Gasteiger partial charge >= 0.3 is 0 Å². The number of nitrogens with zero attached hydrogens (tertiary/aromatic N) is 3. The summed E-state index contributed by atoms with van der Waals surface area (Å²) < 4.78 is 0. The Kier molecular flexibility index (Phi) is 4.56. The fourth-order valence-electron chi connectivity index (χ4n) is 3.52. The van der Waals surface area contributed by atoms with Crippen LogP contribution in [0.4, 0.5) is 0 Å². The number of carbonyl (C=O) groups is 1. The van der Waals surface area contributed by atoms with E-state index in [1.807, 2.05) is 47.0 Å². The van der Waals surface area contributed by atoms with Gasteiger partial charge in [-0.15, -0.1) is 11.8 Å². The molecule has 2 aliphatic heterocycles. The van der Waals surface area contributed by atoms with E-state index in [4.69, 9.17) is 0 Å². The number of carbonyl (C=O) groups excluding carboxylic acids is 1. The van der Waals surface area contributed by atoms with Crippen LogP contribution in [0.1, 0.15) is 37.4 Å². The van der Waals surface area contributed by atoms with Gasteiger partial charge in [0.25, 0.3) is 0 Å². The lowest BCUT2D eigenvalue weighted by molar-refractivity contribution is -0.131. The van der Waals surface area contributed by atoms with E-state index in [0.717, 1.165) is 55.3 Å². The largest absolute Gasteiger partial charge is 0.342 e. The minimum Gasteiger partial charge on any atom is -0.342 e. The highest BCUT2D eigenvalue weighted by molar-refractivity contribution is 8.00. The molecular weight excluding hydrogens is 320 g/mol. The molecule has 2 fully saturated rings. The summed E-state index contributed by atoms with van der Waals surface area (Å²) in [4.78, 5) is 19.2. The summed E-state index contributed by atoms with van der Waals surface area (Å²) in [7, 11) is 0. The number of H-pyrrole nitrogens is 1. The third kappa shape index (κ3) is 3.20. The van der Waals surface area contributed by atoms with Crippen LogP contribution in [0.2, 0.25) is 0 Å². The Morgan fingerprint density at radius 3 is 2.67 bits per heavy atom. The van der Waals surface area contributed by atoms with E-state index in [1.165, 1.54) is 6.42 Å². The molecule has 0 saturated carbocycles. The fourth-order valence-corrected chi connectivity index (χ4v) is 4.77. The molecule has 0 radical (unpaired) electrons. The number of rotatable bonds is 3. The minimum absolute atomic E-state index is 0.205. The number of aromatic nitrogens is 3. The van der Waals surface area contributed by atoms with Crippen molar-refractivity contribution in [2.45, 2.75) is 36.9 Å². The Balaban J connectivity index is 1.38. The molecule has 24 heavy (non-hydrogen) atoms.